The summed E-state index contributed by atoms with van der Waals surface area (Å²) < 4.78 is 5.62. The molecule has 1 unspecified atom stereocenters. The van der Waals surface area contributed by atoms with E-state index in [1.807, 2.05) is 0 Å². The fourth-order valence-electron chi connectivity index (χ4n) is 2.31. The van der Waals surface area contributed by atoms with Crippen LogP contribution in [-0.2, 0) is 0 Å². The van der Waals surface area contributed by atoms with Crippen LogP contribution in [0.5, 0.6) is 5.75 Å². The van der Waals surface area contributed by atoms with Crippen LogP contribution in [0.15, 0.2) is 24.3 Å². The Bertz CT molecular complexity index is 445. The summed E-state index contributed by atoms with van der Waals surface area (Å²) >= 11 is 0. The number of aromatic carboxylic acids is 1. The Balaban J connectivity index is 2.31. The van der Waals surface area contributed by atoms with Gasteiger partial charge in [0.2, 0.25) is 0 Å². The number of ether oxygens (including phenoxy) is 1. The van der Waals surface area contributed by atoms with Crippen molar-refractivity contribution in [3.8, 4) is 5.75 Å². The van der Waals surface area contributed by atoms with Crippen LogP contribution >= 0.6 is 0 Å². The van der Waals surface area contributed by atoms with Crippen molar-refractivity contribution < 1.29 is 14.6 Å². The molecule has 0 saturated carbocycles. The van der Waals surface area contributed by atoms with E-state index in [2.05, 4.69) is 32.7 Å². The van der Waals surface area contributed by atoms with E-state index in [-0.39, 0.29) is 5.56 Å². The van der Waals surface area contributed by atoms with Crippen LogP contribution in [0.4, 0.5) is 0 Å². The first-order chi connectivity index (χ1) is 9.90. The van der Waals surface area contributed by atoms with Crippen LogP contribution in [0.1, 0.15) is 44.0 Å². The van der Waals surface area contributed by atoms with Crippen LogP contribution in [-0.4, -0.2) is 42.2 Å². The monoisotopic (exact) mass is 293 g/mol. The summed E-state index contributed by atoms with van der Waals surface area (Å²) in [5, 5.41) is 8.92. The number of rotatable bonds is 9. The quantitative estimate of drug-likeness (QED) is 0.708. The molecule has 0 saturated heterocycles. The highest BCUT2D eigenvalue weighted by Crippen LogP contribution is 2.14. The van der Waals surface area contributed by atoms with E-state index < -0.39 is 5.97 Å². The fourth-order valence-corrected chi connectivity index (χ4v) is 2.31. The third-order valence-corrected chi connectivity index (χ3v) is 3.57. The lowest BCUT2D eigenvalue weighted by Crippen LogP contribution is -2.31. The molecule has 1 rings (SSSR count). The van der Waals surface area contributed by atoms with Gasteiger partial charge in [0, 0.05) is 12.6 Å². The maximum Gasteiger partial charge on any atom is 0.335 e. The zero-order valence-electron chi connectivity index (χ0n) is 13.5. The molecule has 0 amide bonds. The summed E-state index contributed by atoms with van der Waals surface area (Å²) in [6.07, 6.45) is 2.12. The molecule has 1 aromatic carbocycles. The van der Waals surface area contributed by atoms with E-state index in [0.717, 1.165) is 13.0 Å². The number of carbonyl (C=O) groups is 1. The summed E-state index contributed by atoms with van der Waals surface area (Å²) in [5.41, 5.74) is 0.259. The molecule has 21 heavy (non-hydrogen) atoms. The second-order valence-corrected chi connectivity index (χ2v) is 5.99. The SMILES string of the molecule is CC(C)CC(C)N(C)CCCOc1cccc(C(=O)O)c1. The molecule has 1 N–H and O–H groups in total. The number of hydrogen-bond donors (Lipinski definition) is 1. The predicted octanol–water partition coefficient (Wildman–Crippen LogP) is 3.52. The van der Waals surface area contributed by atoms with E-state index in [9.17, 15) is 4.79 Å². The Morgan fingerprint density at radius 1 is 1.33 bits per heavy atom. The van der Waals surface area contributed by atoms with Gasteiger partial charge in [-0.2, -0.15) is 0 Å². The summed E-state index contributed by atoms with van der Waals surface area (Å²) in [5.74, 6) is 0.396. The van der Waals surface area contributed by atoms with Crippen molar-refractivity contribution in [3.63, 3.8) is 0 Å². The summed E-state index contributed by atoms with van der Waals surface area (Å²) in [6, 6.07) is 7.19. The lowest BCUT2D eigenvalue weighted by Gasteiger charge is -2.26. The number of benzene rings is 1. The average Bonchev–Trinajstić information content (AvgIpc) is 2.42. The van der Waals surface area contributed by atoms with Crippen LogP contribution in [0.3, 0.4) is 0 Å². The van der Waals surface area contributed by atoms with Crippen molar-refractivity contribution in [1.29, 1.82) is 0 Å². The molecular weight excluding hydrogens is 266 g/mol. The van der Waals surface area contributed by atoms with E-state index in [4.69, 9.17) is 9.84 Å². The lowest BCUT2D eigenvalue weighted by molar-refractivity contribution is 0.0696. The highest BCUT2D eigenvalue weighted by atomic mass is 16.5. The Morgan fingerprint density at radius 3 is 2.67 bits per heavy atom. The van der Waals surface area contributed by atoms with Gasteiger partial charge in [0.15, 0.2) is 0 Å². The summed E-state index contributed by atoms with van der Waals surface area (Å²) in [4.78, 5) is 13.2. The van der Waals surface area contributed by atoms with Crippen molar-refractivity contribution in [2.75, 3.05) is 20.2 Å². The molecule has 0 heterocycles. The van der Waals surface area contributed by atoms with Gasteiger partial charge in [0.1, 0.15) is 5.75 Å². The van der Waals surface area contributed by atoms with Gasteiger partial charge in [-0.15, -0.1) is 0 Å². The third kappa shape index (κ3) is 6.63. The number of hydrogen-bond acceptors (Lipinski definition) is 3. The first-order valence-electron chi connectivity index (χ1n) is 7.56. The van der Waals surface area contributed by atoms with Crippen molar-refractivity contribution in [2.24, 2.45) is 5.92 Å². The zero-order chi connectivity index (χ0) is 15.8. The maximum atomic E-state index is 10.9. The normalized spacial score (nSPS) is 12.7. The molecule has 0 aromatic heterocycles. The number of carboxylic acid groups (broad SMARTS) is 1. The molecule has 0 spiro atoms. The average molecular weight is 293 g/mol. The maximum absolute atomic E-state index is 10.9. The Morgan fingerprint density at radius 2 is 2.05 bits per heavy atom. The van der Waals surface area contributed by atoms with Crippen LogP contribution in [0.2, 0.25) is 0 Å². The van der Waals surface area contributed by atoms with Gasteiger partial charge in [-0.05, 0) is 50.9 Å². The Kier molecular flexibility index (Phi) is 7.23. The van der Waals surface area contributed by atoms with Gasteiger partial charge in [-0.3, -0.25) is 0 Å². The minimum absolute atomic E-state index is 0.259. The first-order valence-corrected chi connectivity index (χ1v) is 7.56. The molecule has 118 valence electrons. The molecule has 0 radical (unpaired) electrons. The number of nitrogens with zero attached hydrogens (tertiary/aromatic N) is 1. The molecular formula is C17H27NO3. The highest BCUT2D eigenvalue weighted by molar-refractivity contribution is 5.87. The van der Waals surface area contributed by atoms with E-state index >= 15 is 0 Å². The van der Waals surface area contributed by atoms with E-state index in [1.54, 1.807) is 24.3 Å². The van der Waals surface area contributed by atoms with Gasteiger partial charge in [-0.25, -0.2) is 4.79 Å². The van der Waals surface area contributed by atoms with Crippen molar-refractivity contribution in [1.82, 2.24) is 4.90 Å². The third-order valence-electron chi connectivity index (χ3n) is 3.57. The molecule has 4 nitrogen and oxygen atoms in total. The zero-order valence-corrected chi connectivity index (χ0v) is 13.5. The Labute approximate surface area is 127 Å². The highest BCUT2D eigenvalue weighted by Gasteiger charge is 2.10. The minimum Gasteiger partial charge on any atom is -0.494 e. The topological polar surface area (TPSA) is 49.8 Å². The second-order valence-electron chi connectivity index (χ2n) is 5.99. The van der Waals surface area contributed by atoms with Crippen LogP contribution in [0.25, 0.3) is 0 Å². The summed E-state index contributed by atoms with van der Waals surface area (Å²) in [6.45, 7) is 8.30. The smallest absolute Gasteiger partial charge is 0.335 e. The van der Waals surface area contributed by atoms with Gasteiger partial charge in [-0.1, -0.05) is 19.9 Å². The van der Waals surface area contributed by atoms with E-state index in [1.165, 1.54) is 6.42 Å². The van der Waals surface area contributed by atoms with Crippen molar-refractivity contribution in [2.45, 2.75) is 39.7 Å². The standard InChI is InChI=1S/C17H27NO3/c1-13(2)11-14(3)18(4)9-6-10-21-16-8-5-7-15(12-16)17(19)20/h5,7-8,12-14H,6,9-11H2,1-4H3,(H,19,20). The molecule has 0 aliphatic heterocycles. The van der Waals surface area contributed by atoms with Crippen LogP contribution < -0.4 is 4.74 Å². The van der Waals surface area contributed by atoms with Crippen molar-refractivity contribution >= 4 is 5.97 Å². The second kappa shape index (κ2) is 8.67. The molecule has 0 bridgehead atoms. The van der Waals surface area contributed by atoms with Gasteiger partial charge >= 0.3 is 5.97 Å². The Hall–Kier alpha value is -1.55. The van der Waals surface area contributed by atoms with Gasteiger partial charge in [0.05, 0.1) is 12.2 Å². The lowest BCUT2D eigenvalue weighted by atomic mass is 10.0. The molecule has 0 fully saturated rings. The predicted molar refractivity (Wildman–Crippen MR) is 85.1 cm³/mol. The molecule has 0 aliphatic carbocycles. The molecule has 1 atom stereocenters. The van der Waals surface area contributed by atoms with Gasteiger partial charge in [0.25, 0.3) is 0 Å². The minimum atomic E-state index is -0.928. The van der Waals surface area contributed by atoms with Gasteiger partial charge < -0.3 is 14.7 Å². The number of carboxylic acids is 1. The van der Waals surface area contributed by atoms with E-state index in [0.29, 0.717) is 24.3 Å². The molecule has 4 heteroatoms. The van der Waals surface area contributed by atoms with Crippen LogP contribution in [0, 0.1) is 5.92 Å². The largest absolute Gasteiger partial charge is 0.494 e. The van der Waals surface area contributed by atoms with Crippen molar-refractivity contribution in [3.05, 3.63) is 29.8 Å². The first kappa shape index (κ1) is 17.5. The molecule has 0 aliphatic rings. The summed E-state index contributed by atoms with van der Waals surface area (Å²) in [7, 11) is 2.14. The fraction of sp³-hybridized carbons (Fsp3) is 0.588. The molecule has 1 aromatic rings.